The number of hydrogen-bond acceptors (Lipinski definition) is 2. The van der Waals surface area contributed by atoms with Crippen molar-refractivity contribution < 1.29 is 9.53 Å². The van der Waals surface area contributed by atoms with Gasteiger partial charge in [0.15, 0.2) is 5.78 Å². The third-order valence-corrected chi connectivity index (χ3v) is 3.04. The van der Waals surface area contributed by atoms with Crippen molar-refractivity contribution in [3.63, 3.8) is 0 Å². The maximum absolute atomic E-state index is 12.5. The summed E-state index contributed by atoms with van der Waals surface area (Å²) in [5, 5.41) is 0.617. The van der Waals surface area contributed by atoms with Gasteiger partial charge < -0.3 is 4.74 Å². The van der Waals surface area contributed by atoms with E-state index in [1.807, 2.05) is 32.0 Å². The maximum Gasteiger partial charge on any atom is 0.196 e. The van der Waals surface area contributed by atoms with Crippen LogP contribution in [-0.4, -0.2) is 12.4 Å². The van der Waals surface area contributed by atoms with E-state index in [0.717, 1.165) is 5.56 Å². The van der Waals surface area contributed by atoms with Crippen LogP contribution in [0.25, 0.3) is 0 Å². The van der Waals surface area contributed by atoms with Crippen LogP contribution < -0.4 is 4.74 Å². The lowest BCUT2D eigenvalue weighted by Gasteiger charge is -2.10. The summed E-state index contributed by atoms with van der Waals surface area (Å²) in [7, 11) is 0. The van der Waals surface area contributed by atoms with Gasteiger partial charge in [0.2, 0.25) is 0 Å². The molecule has 0 fully saturated rings. The van der Waals surface area contributed by atoms with Gasteiger partial charge in [0.25, 0.3) is 0 Å². The number of hydrogen-bond donors (Lipinski definition) is 0. The summed E-state index contributed by atoms with van der Waals surface area (Å²) in [5.41, 5.74) is 2.22. The molecule has 0 saturated heterocycles. The molecule has 2 rings (SSSR count). The van der Waals surface area contributed by atoms with Gasteiger partial charge in [-0.2, -0.15) is 0 Å². The second kappa shape index (κ2) is 5.89. The van der Waals surface area contributed by atoms with Crippen molar-refractivity contribution in [2.24, 2.45) is 0 Å². The molecule has 0 unspecified atom stereocenters. The fourth-order valence-electron chi connectivity index (χ4n) is 1.86. The van der Waals surface area contributed by atoms with E-state index < -0.39 is 0 Å². The summed E-state index contributed by atoms with van der Waals surface area (Å²) in [6.07, 6.45) is 0. The molecule has 0 bridgehead atoms. The van der Waals surface area contributed by atoms with Gasteiger partial charge in [-0.25, -0.2) is 0 Å². The maximum atomic E-state index is 12.5. The Kier molecular flexibility index (Phi) is 4.23. The Morgan fingerprint density at radius 3 is 2.47 bits per heavy atom. The van der Waals surface area contributed by atoms with E-state index in [-0.39, 0.29) is 5.78 Å². The largest absolute Gasteiger partial charge is 0.493 e. The Labute approximate surface area is 118 Å². The summed E-state index contributed by atoms with van der Waals surface area (Å²) < 4.78 is 5.51. The molecule has 2 nitrogen and oxygen atoms in total. The lowest BCUT2D eigenvalue weighted by atomic mass is 10.0. The van der Waals surface area contributed by atoms with Gasteiger partial charge in [0.05, 0.1) is 12.2 Å². The summed E-state index contributed by atoms with van der Waals surface area (Å²) in [6, 6.07) is 12.5. The van der Waals surface area contributed by atoms with E-state index in [1.165, 1.54) is 0 Å². The predicted molar refractivity (Wildman–Crippen MR) is 77.2 cm³/mol. The molecule has 2 aromatic carbocycles. The third kappa shape index (κ3) is 3.15. The average Bonchev–Trinajstić information content (AvgIpc) is 2.41. The molecule has 0 amide bonds. The monoisotopic (exact) mass is 274 g/mol. The number of carbonyl (C=O) groups is 1. The fraction of sp³-hybridized carbons (Fsp3) is 0.188. The number of aryl methyl sites for hydroxylation is 1. The van der Waals surface area contributed by atoms with Crippen molar-refractivity contribution in [1.82, 2.24) is 0 Å². The minimum Gasteiger partial charge on any atom is -0.493 e. The molecule has 19 heavy (non-hydrogen) atoms. The van der Waals surface area contributed by atoms with Gasteiger partial charge in [0, 0.05) is 10.6 Å². The van der Waals surface area contributed by atoms with Crippen molar-refractivity contribution in [1.29, 1.82) is 0 Å². The lowest BCUT2D eigenvalue weighted by molar-refractivity contribution is 0.103. The van der Waals surface area contributed by atoms with Crippen LogP contribution in [0.4, 0.5) is 0 Å². The zero-order valence-corrected chi connectivity index (χ0v) is 11.7. The van der Waals surface area contributed by atoms with E-state index in [4.69, 9.17) is 16.3 Å². The Morgan fingerprint density at radius 1 is 1.16 bits per heavy atom. The number of ether oxygens (including phenoxy) is 1. The summed E-state index contributed by atoms with van der Waals surface area (Å²) in [5.74, 6) is 0.567. The van der Waals surface area contributed by atoms with E-state index in [2.05, 4.69) is 0 Å². The molecule has 0 aromatic heterocycles. The predicted octanol–water partition coefficient (Wildman–Crippen LogP) is 4.28. The van der Waals surface area contributed by atoms with Crippen molar-refractivity contribution in [3.05, 3.63) is 64.2 Å². The fourth-order valence-corrected chi connectivity index (χ4v) is 1.99. The first-order valence-corrected chi connectivity index (χ1v) is 6.53. The molecule has 98 valence electrons. The van der Waals surface area contributed by atoms with Gasteiger partial charge in [0.1, 0.15) is 5.75 Å². The molecule has 0 radical (unpaired) electrons. The molecule has 3 heteroatoms. The Balaban J connectivity index is 2.42. The number of ketones is 1. The van der Waals surface area contributed by atoms with Gasteiger partial charge in [-0.15, -0.1) is 0 Å². The Bertz CT molecular complexity index is 588. The first-order chi connectivity index (χ1) is 9.11. The molecule has 0 heterocycles. The minimum atomic E-state index is -0.0520. The Hall–Kier alpha value is -1.80. The zero-order chi connectivity index (χ0) is 13.8. The van der Waals surface area contributed by atoms with E-state index in [9.17, 15) is 4.79 Å². The summed E-state index contributed by atoms with van der Waals surface area (Å²) in [4.78, 5) is 12.5. The smallest absolute Gasteiger partial charge is 0.196 e. The molecule has 2 aromatic rings. The van der Waals surface area contributed by atoms with Crippen LogP contribution >= 0.6 is 11.6 Å². The van der Waals surface area contributed by atoms with Gasteiger partial charge in [-0.1, -0.05) is 23.2 Å². The van der Waals surface area contributed by atoms with Crippen LogP contribution in [0, 0.1) is 6.92 Å². The third-order valence-electron chi connectivity index (χ3n) is 2.79. The molecular formula is C16H15ClO2. The molecule has 0 N–H and O–H groups in total. The van der Waals surface area contributed by atoms with Crippen LogP contribution in [0.15, 0.2) is 42.5 Å². The van der Waals surface area contributed by atoms with Crippen LogP contribution in [0.1, 0.15) is 28.4 Å². The van der Waals surface area contributed by atoms with E-state index >= 15 is 0 Å². The summed E-state index contributed by atoms with van der Waals surface area (Å²) in [6.45, 7) is 4.38. The Morgan fingerprint density at radius 2 is 1.84 bits per heavy atom. The molecule has 0 aliphatic rings. The molecule has 0 spiro atoms. The second-order valence-corrected chi connectivity index (χ2v) is 4.71. The van der Waals surface area contributed by atoms with Gasteiger partial charge in [-0.05, 0) is 50.2 Å². The highest BCUT2D eigenvalue weighted by molar-refractivity contribution is 6.30. The first-order valence-electron chi connectivity index (χ1n) is 6.15. The molecule has 0 aliphatic heterocycles. The molecular weight excluding hydrogens is 260 g/mol. The van der Waals surface area contributed by atoms with Crippen molar-refractivity contribution in [2.45, 2.75) is 13.8 Å². The second-order valence-electron chi connectivity index (χ2n) is 4.27. The quantitative estimate of drug-likeness (QED) is 0.778. The number of rotatable bonds is 4. The van der Waals surface area contributed by atoms with Crippen LogP contribution in [0.2, 0.25) is 5.02 Å². The topological polar surface area (TPSA) is 26.3 Å². The van der Waals surface area contributed by atoms with Crippen molar-refractivity contribution in [3.8, 4) is 5.75 Å². The van der Waals surface area contributed by atoms with Gasteiger partial charge >= 0.3 is 0 Å². The highest BCUT2D eigenvalue weighted by Crippen LogP contribution is 2.24. The number of benzene rings is 2. The van der Waals surface area contributed by atoms with Crippen LogP contribution in [-0.2, 0) is 0 Å². The standard InChI is InChI=1S/C16H15ClO2/c1-3-19-15-9-4-11(2)10-14(15)16(18)12-5-7-13(17)8-6-12/h4-10H,3H2,1-2H3. The van der Waals surface area contributed by atoms with Crippen molar-refractivity contribution >= 4 is 17.4 Å². The lowest BCUT2D eigenvalue weighted by Crippen LogP contribution is -2.05. The van der Waals surface area contributed by atoms with Gasteiger partial charge in [-0.3, -0.25) is 4.79 Å². The van der Waals surface area contributed by atoms with Crippen LogP contribution in [0.5, 0.6) is 5.75 Å². The number of carbonyl (C=O) groups excluding carboxylic acids is 1. The number of halogens is 1. The first kappa shape index (κ1) is 13.6. The molecule has 0 saturated carbocycles. The highest BCUT2D eigenvalue weighted by Gasteiger charge is 2.14. The zero-order valence-electron chi connectivity index (χ0n) is 10.9. The average molecular weight is 275 g/mol. The SMILES string of the molecule is CCOc1ccc(C)cc1C(=O)c1ccc(Cl)cc1. The molecule has 0 aliphatic carbocycles. The van der Waals surface area contributed by atoms with Crippen LogP contribution in [0.3, 0.4) is 0 Å². The van der Waals surface area contributed by atoms with E-state index in [0.29, 0.717) is 28.5 Å². The highest BCUT2D eigenvalue weighted by atomic mass is 35.5. The minimum absolute atomic E-state index is 0.0520. The normalized spacial score (nSPS) is 10.3. The summed E-state index contributed by atoms with van der Waals surface area (Å²) >= 11 is 5.83. The van der Waals surface area contributed by atoms with E-state index in [1.54, 1.807) is 24.3 Å². The molecule has 0 atom stereocenters. The van der Waals surface area contributed by atoms with Crippen molar-refractivity contribution in [2.75, 3.05) is 6.61 Å².